The lowest BCUT2D eigenvalue weighted by atomic mass is 10.2. The molecule has 26 heavy (non-hydrogen) atoms. The maximum atomic E-state index is 12.3. The number of pyridine rings is 2. The molecule has 0 aliphatic heterocycles. The van der Waals surface area contributed by atoms with Crippen LogP contribution in [-0.2, 0) is 6.54 Å². The standard InChI is InChI=1S/C20H16N4O2/c25-20(23-13-16-6-3-11-26-16)18-12-15(8-10-21-18)24-17-7-1-4-14-5-2-9-22-19(14)17/h1-12H,13H2,(H,21,24)(H,23,25). The lowest BCUT2D eigenvalue weighted by Crippen LogP contribution is -2.23. The molecular weight excluding hydrogens is 328 g/mol. The van der Waals surface area contributed by atoms with Crippen LogP contribution in [0.4, 0.5) is 11.4 Å². The highest BCUT2D eigenvalue weighted by molar-refractivity contribution is 5.94. The number of hydrogen-bond donors (Lipinski definition) is 2. The third kappa shape index (κ3) is 3.39. The molecular formula is C20H16N4O2. The van der Waals surface area contributed by atoms with Gasteiger partial charge < -0.3 is 15.1 Å². The predicted octanol–water partition coefficient (Wildman–Crippen LogP) is 3.90. The highest BCUT2D eigenvalue weighted by atomic mass is 16.3. The summed E-state index contributed by atoms with van der Waals surface area (Å²) >= 11 is 0. The number of benzene rings is 1. The zero-order valence-corrected chi connectivity index (χ0v) is 13.8. The normalized spacial score (nSPS) is 10.6. The van der Waals surface area contributed by atoms with Crippen LogP contribution in [0.1, 0.15) is 16.2 Å². The maximum absolute atomic E-state index is 12.3. The van der Waals surface area contributed by atoms with Crippen molar-refractivity contribution in [1.29, 1.82) is 0 Å². The summed E-state index contributed by atoms with van der Waals surface area (Å²) in [5, 5.41) is 7.14. The Morgan fingerprint density at radius 3 is 2.81 bits per heavy atom. The Hall–Kier alpha value is -3.67. The molecule has 2 N–H and O–H groups in total. The van der Waals surface area contributed by atoms with E-state index < -0.39 is 0 Å². The fourth-order valence-electron chi connectivity index (χ4n) is 2.66. The van der Waals surface area contributed by atoms with E-state index in [9.17, 15) is 4.79 Å². The second-order valence-corrected chi connectivity index (χ2v) is 5.70. The second-order valence-electron chi connectivity index (χ2n) is 5.70. The van der Waals surface area contributed by atoms with Crippen LogP contribution in [-0.4, -0.2) is 15.9 Å². The van der Waals surface area contributed by atoms with Gasteiger partial charge in [-0.3, -0.25) is 14.8 Å². The zero-order chi connectivity index (χ0) is 17.8. The number of rotatable bonds is 5. The molecule has 0 radical (unpaired) electrons. The fourth-order valence-corrected chi connectivity index (χ4v) is 2.66. The molecule has 3 heterocycles. The van der Waals surface area contributed by atoms with Gasteiger partial charge in [-0.15, -0.1) is 0 Å². The first-order chi connectivity index (χ1) is 12.8. The number of aromatic nitrogens is 2. The van der Waals surface area contributed by atoms with Crippen LogP contribution < -0.4 is 10.6 Å². The summed E-state index contributed by atoms with van der Waals surface area (Å²) in [5.74, 6) is 0.426. The van der Waals surface area contributed by atoms with E-state index in [0.717, 1.165) is 22.3 Å². The first-order valence-electron chi connectivity index (χ1n) is 8.17. The number of nitrogens with zero attached hydrogens (tertiary/aromatic N) is 2. The van der Waals surface area contributed by atoms with E-state index in [4.69, 9.17) is 4.42 Å². The third-order valence-corrected chi connectivity index (χ3v) is 3.91. The number of amides is 1. The fraction of sp³-hybridized carbons (Fsp3) is 0.0500. The largest absolute Gasteiger partial charge is 0.467 e. The molecule has 3 aromatic heterocycles. The molecule has 6 nitrogen and oxygen atoms in total. The van der Waals surface area contributed by atoms with Crippen LogP contribution in [0.5, 0.6) is 0 Å². The number of carbonyl (C=O) groups excluding carboxylic acids is 1. The smallest absolute Gasteiger partial charge is 0.270 e. The van der Waals surface area contributed by atoms with Gasteiger partial charge in [-0.2, -0.15) is 0 Å². The zero-order valence-electron chi connectivity index (χ0n) is 13.8. The Balaban J connectivity index is 1.53. The molecule has 1 amide bonds. The number of carbonyl (C=O) groups is 1. The molecule has 0 bridgehead atoms. The molecule has 1 aromatic carbocycles. The van der Waals surface area contributed by atoms with Gasteiger partial charge in [-0.25, -0.2) is 0 Å². The van der Waals surface area contributed by atoms with E-state index in [2.05, 4.69) is 20.6 Å². The predicted molar refractivity (Wildman–Crippen MR) is 99.1 cm³/mol. The van der Waals surface area contributed by atoms with Gasteiger partial charge >= 0.3 is 0 Å². The lowest BCUT2D eigenvalue weighted by molar-refractivity contribution is 0.0943. The molecule has 0 aliphatic carbocycles. The minimum atomic E-state index is -0.263. The molecule has 6 heteroatoms. The van der Waals surface area contributed by atoms with Gasteiger partial charge in [0.1, 0.15) is 11.5 Å². The maximum Gasteiger partial charge on any atom is 0.270 e. The average molecular weight is 344 g/mol. The van der Waals surface area contributed by atoms with Crippen molar-refractivity contribution in [1.82, 2.24) is 15.3 Å². The summed E-state index contributed by atoms with van der Waals surface area (Å²) in [6.07, 6.45) is 4.93. The van der Waals surface area contributed by atoms with Gasteiger partial charge in [0.25, 0.3) is 5.91 Å². The second kappa shape index (κ2) is 7.06. The molecule has 0 atom stereocenters. The topological polar surface area (TPSA) is 80.0 Å². The highest BCUT2D eigenvalue weighted by Crippen LogP contribution is 2.24. The molecule has 0 spiro atoms. The van der Waals surface area contributed by atoms with Crippen molar-refractivity contribution >= 4 is 28.2 Å². The van der Waals surface area contributed by atoms with E-state index in [1.54, 1.807) is 36.9 Å². The first kappa shape index (κ1) is 15.8. The van der Waals surface area contributed by atoms with Gasteiger partial charge in [0.05, 0.1) is 24.0 Å². The van der Waals surface area contributed by atoms with Crippen molar-refractivity contribution in [2.75, 3.05) is 5.32 Å². The molecule has 0 unspecified atom stereocenters. The summed E-state index contributed by atoms with van der Waals surface area (Å²) in [4.78, 5) is 20.9. The quantitative estimate of drug-likeness (QED) is 0.574. The van der Waals surface area contributed by atoms with E-state index >= 15 is 0 Å². The van der Waals surface area contributed by atoms with E-state index in [1.165, 1.54) is 0 Å². The van der Waals surface area contributed by atoms with Crippen LogP contribution in [0.25, 0.3) is 10.9 Å². The molecule has 0 saturated heterocycles. The van der Waals surface area contributed by atoms with Gasteiger partial charge in [-0.05, 0) is 36.4 Å². The first-order valence-corrected chi connectivity index (χ1v) is 8.17. The Morgan fingerprint density at radius 1 is 1.00 bits per heavy atom. The minimum Gasteiger partial charge on any atom is -0.467 e. The van der Waals surface area contributed by atoms with Crippen LogP contribution in [0.15, 0.2) is 77.7 Å². The Morgan fingerprint density at radius 2 is 1.92 bits per heavy atom. The van der Waals surface area contributed by atoms with Crippen LogP contribution in [0.3, 0.4) is 0 Å². The number of furan rings is 1. The van der Waals surface area contributed by atoms with E-state index in [0.29, 0.717) is 18.0 Å². The summed E-state index contributed by atoms with van der Waals surface area (Å²) in [5.41, 5.74) is 2.84. The number of nitrogens with one attached hydrogen (secondary N) is 2. The SMILES string of the molecule is O=C(NCc1ccco1)c1cc(Nc2cccc3cccnc23)ccn1. The van der Waals surface area contributed by atoms with E-state index in [-0.39, 0.29) is 5.91 Å². The van der Waals surface area contributed by atoms with Crippen LogP contribution >= 0.6 is 0 Å². The Kier molecular flexibility index (Phi) is 4.30. The molecule has 4 aromatic rings. The Labute approximate surface area is 149 Å². The van der Waals surface area contributed by atoms with Gasteiger partial charge in [-0.1, -0.05) is 18.2 Å². The number of anilines is 2. The average Bonchev–Trinajstić information content (AvgIpc) is 3.20. The number of hydrogen-bond acceptors (Lipinski definition) is 5. The lowest BCUT2D eigenvalue weighted by Gasteiger charge is -2.10. The van der Waals surface area contributed by atoms with Crippen molar-refractivity contribution < 1.29 is 9.21 Å². The van der Waals surface area contributed by atoms with Gasteiger partial charge in [0, 0.05) is 23.5 Å². The molecule has 0 saturated carbocycles. The van der Waals surface area contributed by atoms with Crippen LogP contribution in [0, 0.1) is 0 Å². The van der Waals surface area contributed by atoms with E-state index in [1.807, 2.05) is 36.4 Å². The van der Waals surface area contributed by atoms with Gasteiger partial charge in [0.15, 0.2) is 0 Å². The van der Waals surface area contributed by atoms with Crippen molar-refractivity contribution in [2.24, 2.45) is 0 Å². The summed E-state index contributed by atoms with van der Waals surface area (Å²) in [6.45, 7) is 0.318. The highest BCUT2D eigenvalue weighted by Gasteiger charge is 2.09. The summed E-state index contributed by atoms with van der Waals surface area (Å²) in [7, 11) is 0. The van der Waals surface area contributed by atoms with Crippen LogP contribution in [0.2, 0.25) is 0 Å². The molecule has 4 rings (SSSR count). The van der Waals surface area contributed by atoms with Crippen molar-refractivity contribution in [3.8, 4) is 0 Å². The number of fused-ring (bicyclic) bond motifs is 1. The summed E-state index contributed by atoms with van der Waals surface area (Å²) < 4.78 is 5.21. The number of para-hydroxylation sites is 1. The summed E-state index contributed by atoms with van der Waals surface area (Å²) in [6, 6.07) is 16.9. The van der Waals surface area contributed by atoms with Gasteiger partial charge in [0.2, 0.25) is 0 Å². The van der Waals surface area contributed by atoms with Crippen molar-refractivity contribution in [3.63, 3.8) is 0 Å². The molecule has 0 fully saturated rings. The minimum absolute atomic E-state index is 0.263. The molecule has 128 valence electrons. The van der Waals surface area contributed by atoms with Crippen molar-refractivity contribution in [2.45, 2.75) is 6.54 Å². The third-order valence-electron chi connectivity index (χ3n) is 3.91. The molecule has 0 aliphatic rings. The van der Waals surface area contributed by atoms with Crippen molar-refractivity contribution in [3.05, 3.63) is 84.7 Å². The monoisotopic (exact) mass is 344 g/mol. The Bertz CT molecular complexity index is 1040.